The van der Waals surface area contributed by atoms with E-state index in [9.17, 15) is 14.9 Å². The van der Waals surface area contributed by atoms with Crippen LogP contribution in [-0.2, 0) is 13.0 Å². The fraction of sp³-hybridized carbons (Fsp3) is 0.250. The quantitative estimate of drug-likeness (QED) is 0.283. The Kier molecular flexibility index (Phi) is 5.17. The van der Waals surface area contributed by atoms with E-state index in [-0.39, 0.29) is 28.5 Å². The van der Waals surface area contributed by atoms with Crippen LogP contribution in [0.25, 0.3) is 10.9 Å². The van der Waals surface area contributed by atoms with E-state index in [2.05, 4.69) is 24.2 Å². The molecular formula is C20H20BrN3O3. The molecule has 3 aromatic rings. The van der Waals surface area contributed by atoms with Crippen molar-refractivity contribution >= 4 is 22.4 Å². The van der Waals surface area contributed by atoms with Crippen LogP contribution in [0, 0.1) is 10.1 Å². The van der Waals surface area contributed by atoms with Crippen LogP contribution in [0.4, 0.5) is 5.69 Å². The van der Waals surface area contributed by atoms with Gasteiger partial charge in [-0.3, -0.25) is 14.9 Å². The lowest BCUT2D eigenvalue weighted by Gasteiger charge is -2.37. The molecule has 0 fully saturated rings. The first-order valence-corrected chi connectivity index (χ1v) is 8.65. The van der Waals surface area contributed by atoms with Gasteiger partial charge in [0, 0.05) is 46.3 Å². The summed E-state index contributed by atoms with van der Waals surface area (Å²) < 4.78 is 0.644. The normalized spacial score (nSPS) is 18.6. The number of para-hydroxylation sites is 1. The highest BCUT2D eigenvalue weighted by atomic mass is 79.9. The van der Waals surface area contributed by atoms with Crippen LogP contribution in [0.15, 0.2) is 48.5 Å². The average molecular weight is 430 g/mol. The SMILES string of the molecule is C[N+]1(CC(=O)c2ccc([N+](=O)[O-])cc2)CCc2[nH]c3ccccc3c2C1.[Br-]. The Hall–Kier alpha value is -2.51. The van der Waals surface area contributed by atoms with E-state index in [1.165, 1.54) is 28.8 Å². The second-order valence-corrected chi connectivity index (χ2v) is 7.26. The molecule has 0 saturated carbocycles. The summed E-state index contributed by atoms with van der Waals surface area (Å²) in [6.45, 7) is 2.08. The molecule has 140 valence electrons. The predicted octanol–water partition coefficient (Wildman–Crippen LogP) is 0.466. The number of halogens is 1. The summed E-state index contributed by atoms with van der Waals surface area (Å²) in [5, 5.41) is 12.0. The number of aromatic nitrogens is 1. The molecule has 1 aliphatic rings. The molecule has 0 saturated heterocycles. The molecule has 1 aliphatic heterocycles. The predicted molar refractivity (Wildman–Crippen MR) is 99.1 cm³/mol. The summed E-state index contributed by atoms with van der Waals surface area (Å²) in [5.41, 5.74) is 4.24. The van der Waals surface area contributed by atoms with E-state index in [0.717, 1.165) is 25.0 Å². The lowest BCUT2D eigenvalue weighted by Crippen LogP contribution is -3.00. The summed E-state index contributed by atoms with van der Waals surface area (Å²) in [4.78, 5) is 26.5. The van der Waals surface area contributed by atoms with Gasteiger partial charge in [0.1, 0.15) is 13.1 Å². The third-order valence-electron chi connectivity index (χ3n) is 5.27. The number of H-pyrrole nitrogens is 1. The van der Waals surface area contributed by atoms with Crippen LogP contribution in [0.5, 0.6) is 0 Å². The van der Waals surface area contributed by atoms with Gasteiger partial charge in [-0.2, -0.15) is 0 Å². The second-order valence-electron chi connectivity index (χ2n) is 7.26. The Morgan fingerprint density at radius 2 is 1.89 bits per heavy atom. The molecule has 1 N–H and O–H groups in total. The summed E-state index contributed by atoms with van der Waals surface area (Å²) in [6, 6.07) is 14.1. The van der Waals surface area contributed by atoms with E-state index < -0.39 is 4.92 Å². The molecule has 0 aliphatic carbocycles. The summed E-state index contributed by atoms with van der Waals surface area (Å²) in [7, 11) is 2.11. The van der Waals surface area contributed by atoms with Gasteiger partial charge >= 0.3 is 0 Å². The summed E-state index contributed by atoms with van der Waals surface area (Å²) >= 11 is 0. The zero-order valence-electron chi connectivity index (χ0n) is 14.9. The molecule has 1 atom stereocenters. The van der Waals surface area contributed by atoms with Crippen molar-refractivity contribution in [1.82, 2.24) is 4.98 Å². The van der Waals surface area contributed by atoms with Crippen LogP contribution in [-0.4, -0.2) is 40.3 Å². The standard InChI is InChI=1S/C20H20N3O3.BrH/c1-23(13-20(24)14-6-8-15(9-7-14)22(25)26)11-10-19-17(12-23)16-4-2-3-5-18(16)21-19;/h2-9,21H,10-13H2,1H3;1H/q+1;/p-1. The molecule has 2 aromatic carbocycles. The number of hydrogen-bond acceptors (Lipinski definition) is 3. The van der Waals surface area contributed by atoms with Crippen molar-refractivity contribution in [2.45, 2.75) is 13.0 Å². The first-order chi connectivity index (χ1) is 12.5. The van der Waals surface area contributed by atoms with Crippen molar-refractivity contribution in [2.75, 3.05) is 20.1 Å². The number of nitrogens with one attached hydrogen (secondary N) is 1. The smallest absolute Gasteiger partial charge is 0.269 e. The van der Waals surface area contributed by atoms with E-state index in [1.54, 1.807) is 12.1 Å². The molecule has 7 heteroatoms. The molecule has 0 radical (unpaired) electrons. The number of nitro groups is 1. The van der Waals surface area contributed by atoms with Gasteiger partial charge in [0.15, 0.2) is 0 Å². The van der Waals surface area contributed by atoms with Gasteiger partial charge < -0.3 is 26.4 Å². The number of hydrogen-bond donors (Lipinski definition) is 1. The van der Waals surface area contributed by atoms with Gasteiger partial charge in [0.25, 0.3) is 5.69 Å². The maximum Gasteiger partial charge on any atom is 0.269 e. The minimum Gasteiger partial charge on any atom is -1.00 e. The van der Waals surface area contributed by atoms with Crippen LogP contribution < -0.4 is 17.0 Å². The van der Waals surface area contributed by atoms with Crippen molar-refractivity contribution in [3.05, 3.63) is 75.5 Å². The van der Waals surface area contributed by atoms with Crippen LogP contribution in [0.1, 0.15) is 21.6 Å². The van der Waals surface area contributed by atoms with Gasteiger partial charge in [0.2, 0.25) is 5.78 Å². The second kappa shape index (κ2) is 7.25. The van der Waals surface area contributed by atoms with Crippen LogP contribution in [0.3, 0.4) is 0 Å². The zero-order valence-corrected chi connectivity index (χ0v) is 16.5. The topological polar surface area (TPSA) is 76.0 Å². The largest absolute Gasteiger partial charge is 1.00 e. The highest BCUT2D eigenvalue weighted by Crippen LogP contribution is 2.30. The van der Waals surface area contributed by atoms with Gasteiger partial charge in [-0.1, -0.05) is 18.2 Å². The third-order valence-corrected chi connectivity index (χ3v) is 5.27. The number of benzene rings is 2. The first kappa shape index (κ1) is 19.3. The van der Waals surface area contributed by atoms with Gasteiger partial charge in [-0.05, 0) is 18.2 Å². The summed E-state index contributed by atoms with van der Waals surface area (Å²) in [6.07, 6.45) is 0.911. The number of carbonyl (C=O) groups excluding carboxylic acids is 1. The van der Waals surface area contributed by atoms with Gasteiger partial charge in [-0.15, -0.1) is 0 Å². The van der Waals surface area contributed by atoms with E-state index in [1.807, 2.05) is 12.1 Å². The van der Waals surface area contributed by atoms with Gasteiger partial charge in [-0.25, -0.2) is 0 Å². The molecule has 27 heavy (non-hydrogen) atoms. The van der Waals surface area contributed by atoms with Crippen molar-refractivity contribution in [3.63, 3.8) is 0 Å². The molecule has 1 unspecified atom stereocenters. The molecule has 0 spiro atoms. The average Bonchev–Trinajstić information content (AvgIpc) is 2.99. The maximum atomic E-state index is 12.7. The van der Waals surface area contributed by atoms with Crippen molar-refractivity contribution in [1.29, 1.82) is 0 Å². The number of ketones is 1. The maximum absolute atomic E-state index is 12.7. The number of carbonyl (C=O) groups is 1. The number of nitrogens with zero attached hydrogens (tertiary/aromatic N) is 2. The minimum absolute atomic E-state index is 0. The number of rotatable bonds is 4. The number of fused-ring (bicyclic) bond motifs is 3. The van der Waals surface area contributed by atoms with E-state index >= 15 is 0 Å². The fourth-order valence-corrected chi connectivity index (χ4v) is 3.83. The molecule has 4 rings (SSSR count). The Balaban J connectivity index is 0.00000210. The Bertz CT molecular complexity index is 1010. The first-order valence-electron chi connectivity index (χ1n) is 8.65. The fourth-order valence-electron chi connectivity index (χ4n) is 3.83. The lowest BCUT2D eigenvalue weighted by molar-refractivity contribution is -0.916. The molecule has 6 nitrogen and oxygen atoms in total. The van der Waals surface area contributed by atoms with Gasteiger partial charge in [0.05, 0.1) is 18.5 Å². The zero-order chi connectivity index (χ0) is 18.3. The Labute approximate surface area is 167 Å². The molecule has 0 amide bonds. The monoisotopic (exact) mass is 429 g/mol. The number of likely N-dealkylation sites (N-methyl/N-ethyl adjacent to an activating group) is 1. The van der Waals surface area contributed by atoms with Crippen molar-refractivity contribution in [2.24, 2.45) is 0 Å². The number of Topliss-reactive ketones (excluding diaryl/α,β-unsaturated/α-hetero) is 1. The molecule has 2 heterocycles. The van der Waals surface area contributed by atoms with E-state index in [0.29, 0.717) is 16.6 Å². The minimum atomic E-state index is -0.453. The molecule has 0 bridgehead atoms. The number of quaternary nitrogens is 1. The van der Waals surface area contributed by atoms with Crippen LogP contribution >= 0.6 is 0 Å². The highest BCUT2D eigenvalue weighted by Gasteiger charge is 2.33. The Morgan fingerprint density at radius 3 is 2.59 bits per heavy atom. The van der Waals surface area contributed by atoms with Crippen LogP contribution in [0.2, 0.25) is 0 Å². The third kappa shape index (κ3) is 3.65. The number of non-ortho nitro benzene ring substituents is 1. The molecular weight excluding hydrogens is 410 g/mol. The number of aromatic amines is 1. The van der Waals surface area contributed by atoms with Crippen molar-refractivity contribution in [3.8, 4) is 0 Å². The van der Waals surface area contributed by atoms with Crippen molar-refractivity contribution < 1.29 is 31.2 Å². The van der Waals surface area contributed by atoms with E-state index in [4.69, 9.17) is 0 Å². The number of nitro benzene ring substituents is 1. The molecule has 1 aromatic heterocycles. The highest BCUT2D eigenvalue weighted by molar-refractivity contribution is 5.97. The summed E-state index contributed by atoms with van der Waals surface area (Å²) in [5.74, 6) is 0.0192. The lowest BCUT2D eigenvalue weighted by atomic mass is 10.0. The Morgan fingerprint density at radius 1 is 1.19 bits per heavy atom.